The first-order valence-electron chi connectivity index (χ1n) is 15.7. The van der Waals surface area contributed by atoms with E-state index < -0.39 is 17.6 Å². The van der Waals surface area contributed by atoms with Crippen LogP contribution in [0.5, 0.6) is 0 Å². The van der Waals surface area contributed by atoms with Gasteiger partial charge in [-0.2, -0.15) is 13.2 Å². The molecule has 0 aliphatic carbocycles. The Balaban J connectivity index is 1.27. The molecule has 7 nitrogen and oxygen atoms in total. The Morgan fingerprint density at radius 2 is 1.66 bits per heavy atom. The molecule has 0 spiro atoms. The van der Waals surface area contributed by atoms with Crippen LogP contribution < -0.4 is 15.5 Å². The summed E-state index contributed by atoms with van der Waals surface area (Å²) in [4.78, 5) is 27.2. The van der Waals surface area contributed by atoms with Gasteiger partial charge in [-0.25, -0.2) is 9.97 Å². The van der Waals surface area contributed by atoms with Gasteiger partial charge in [0.05, 0.1) is 11.1 Å². The van der Waals surface area contributed by atoms with Gasteiger partial charge in [0.25, 0.3) is 5.91 Å². The number of nitrogens with zero attached hydrogens (tertiary/aromatic N) is 4. The van der Waals surface area contributed by atoms with E-state index in [-0.39, 0.29) is 11.5 Å². The standard InChI is InChI=1S/C37H37F3N6O/c1-23(2)32-19-26(33-21-30(12-11-24(33)3)42-35(47)25-7-5-8-28(18-25)37(38,39)40)17-27-22-41-36(44-34(27)32)43-29-9-6-10-31(20-29)46-15-13-45(4)14-16-46/h5-12,17-23H,13-16H2,1-4H3,(H,42,47)(H,41,43,44). The number of benzene rings is 4. The van der Waals surface area contributed by atoms with Crippen LogP contribution in [0.4, 0.5) is 36.2 Å². The van der Waals surface area contributed by atoms with Gasteiger partial charge in [-0.05, 0) is 103 Å². The highest BCUT2D eigenvalue weighted by Crippen LogP contribution is 2.35. The van der Waals surface area contributed by atoms with Gasteiger partial charge in [-0.3, -0.25) is 4.79 Å². The zero-order valence-corrected chi connectivity index (χ0v) is 26.8. The topological polar surface area (TPSA) is 73.4 Å². The number of piperazine rings is 1. The number of anilines is 4. The molecule has 6 rings (SSSR count). The average molecular weight is 639 g/mol. The molecule has 1 amide bonds. The van der Waals surface area contributed by atoms with E-state index in [2.05, 4.69) is 64.5 Å². The van der Waals surface area contributed by atoms with Gasteiger partial charge >= 0.3 is 6.18 Å². The largest absolute Gasteiger partial charge is 0.416 e. The lowest BCUT2D eigenvalue weighted by Crippen LogP contribution is -2.44. The summed E-state index contributed by atoms with van der Waals surface area (Å²) in [6.07, 6.45) is -2.72. The molecule has 1 fully saturated rings. The average Bonchev–Trinajstić information content (AvgIpc) is 3.05. The van der Waals surface area contributed by atoms with Crippen molar-refractivity contribution in [3.05, 3.63) is 107 Å². The minimum atomic E-state index is -4.53. The Hall–Kier alpha value is -4.96. The summed E-state index contributed by atoms with van der Waals surface area (Å²) >= 11 is 0. The number of hydrogen-bond acceptors (Lipinski definition) is 6. The van der Waals surface area contributed by atoms with E-state index in [4.69, 9.17) is 4.98 Å². The van der Waals surface area contributed by atoms with Gasteiger partial charge in [0.2, 0.25) is 5.95 Å². The van der Waals surface area contributed by atoms with Gasteiger partial charge in [-0.15, -0.1) is 0 Å². The molecule has 0 bridgehead atoms. The smallest absolute Gasteiger partial charge is 0.369 e. The maximum Gasteiger partial charge on any atom is 0.416 e. The van der Waals surface area contributed by atoms with Crippen LogP contribution in [0.15, 0.2) is 85.1 Å². The third kappa shape index (κ3) is 7.23. The summed E-state index contributed by atoms with van der Waals surface area (Å²) in [5, 5.41) is 7.03. The number of aromatic nitrogens is 2. The molecule has 0 unspecified atom stereocenters. The molecule has 5 aromatic rings. The number of rotatable bonds is 7. The Labute approximate surface area is 272 Å². The number of fused-ring (bicyclic) bond motifs is 1. The van der Waals surface area contributed by atoms with Crippen LogP contribution in [0.1, 0.15) is 46.8 Å². The Morgan fingerprint density at radius 1 is 0.894 bits per heavy atom. The fourth-order valence-electron chi connectivity index (χ4n) is 5.85. The molecule has 2 N–H and O–H groups in total. The second-order valence-corrected chi connectivity index (χ2v) is 12.4. The molecule has 1 aromatic heterocycles. The first-order chi connectivity index (χ1) is 22.4. The van der Waals surface area contributed by atoms with E-state index in [9.17, 15) is 18.0 Å². The van der Waals surface area contributed by atoms with Crippen LogP contribution in [0, 0.1) is 6.92 Å². The van der Waals surface area contributed by atoms with Crippen LogP contribution in [-0.4, -0.2) is 54.0 Å². The fourth-order valence-corrected chi connectivity index (χ4v) is 5.85. The lowest BCUT2D eigenvalue weighted by molar-refractivity contribution is -0.137. The number of nitrogens with one attached hydrogen (secondary N) is 2. The number of hydrogen-bond donors (Lipinski definition) is 2. The van der Waals surface area contributed by atoms with Gasteiger partial charge in [0.15, 0.2) is 0 Å². The molecule has 1 saturated heterocycles. The van der Waals surface area contributed by atoms with Gasteiger partial charge in [0, 0.05) is 60.4 Å². The fraction of sp³-hybridized carbons (Fsp3) is 0.270. The molecule has 1 aliphatic rings. The monoisotopic (exact) mass is 638 g/mol. The lowest BCUT2D eigenvalue weighted by Gasteiger charge is -2.34. The Morgan fingerprint density at radius 3 is 2.40 bits per heavy atom. The number of alkyl halides is 3. The van der Waals surface area contributed by atoms with Crippen molar-refractivity contribution in [1.29, 1.82) is 0 Å². The summed E-state index contributed by atoms with van der Waals surface area (Å²) < 4.78 is 39.6. The number of likely N-dealkylation sites (N-methyl/N-ethyl adjacent to an activating group) is 1. The number of aryl methyl sites for hydroxylation is 1. The molecule has 0 atom stereocenters. The molecular formula is C37H37F3N6O. The first kappa shape index (κ1) is 32.0. The predicted molar refractivity (Wildman–Crippen MR) is 183 cm³/mol. The summed E-state index contributed by atoms with van der Waals surface area (Å²) in [5.74, 6) is 0.0535. The zero-order valence-electron chi connectivity index (χ0n) is 26.8. The quantitative estimate of drug-likeness (QED) is 0.186. The van der Waals surface area contributed by atoms with Crippen molar-refractivity contribution < 1.29 is 18.0 Å². The first-order valence-corrected chi connectivity index (χ1v) is 15.7. The summed E-state index contributed by atoms with van der Waals surface area (Å²) in [5.41, 5.74) is 6.33. The molecule has 4 aromatic carbocycles. The van der Waals surface area contributed by atoms with Gasteiger partial charge < -0.3 is 20.4 Å². The lowest BCUT2D eigenvalue weighted by atomic mass is 9.92. The summed E-state index contributed by atoms with van der Waals surface area (Å²) in [6, 6.07) is 22.3. The van der Waals surface area contributed by atoms with E-state index in [1.54, 1.807) is 6.07 Å². The molecule has 0 radical (unpaired) electrons. The van der Waals surface area contributed by atoms with Crippen molar-refractivity contribution >= 4 is 39.8 Å². The predicted octanol–water partition coefficient (Wildman–Crippen LogP) is 8.50. The second-order valence-electron chi connectivity index (χ2n) is 12.4. The third-order valence-electron chi connectivity index (χ3n) is 8.56. The van der Waals surface area contributed by atoms with Crippen molar-refractivity contribution in [2.45, 2.75) is 32.9 Å². The van der Waals surface area contributed by atoms with E-state index >= 15 is 0 Å². The minimum Gasteiger partial charge on any atom is -0.369 e. The van der Waals surface area contributed by atoms with Crippen molar-refractivity contribution in [2.75, 3.05) is 48.8 Å². The van der Waals surface area contributed by atoms with Crippen molar-refractivity contribution in [1.82, 2.24) is 14.9 Å². The van der Waals surface area contributed by atoms with E-state index in [1.165, 1.54) is 17.8 Å². The molecule has 0 saturated carbocycles. The highest BCUT2D eigenvalue weighted by atomic mass is 19.4. The molecule has 1 aliphatic heterocycles. The summed E-state index contributed by atoms with van der Waals surface area (Å²) in [6.45, 7) is 10.2. The Kier molecular flexibility index (Phi) is 8.88. The highest BCUT2D eigenvalue weighted by molar-refractivity contribution is 6.04. The maximum atomic E-state index is 13.2. The molecule has 242 valence electrons. The van der Waals surface area contributed by atoms with Crippen molar-refractivity contribution in [3.8, 4) is 11.1 Å². The molecular weight excluding hydrogens is 601 g/mol. The van der Waals surface area contributed by atoms with Crippen LogP contribution in [0.25, 0.3) is 22.0 Å². The minimum absolute atomic E-state index is 0.0673. The van der Waals surface area contributed by atoms with Crippen molar-refractivity contribution in [3.63, 3.8) is 0 Å². The summed E-state index contributed by atoms with van der Waals surface area (Å²) in [7, 11) is 2.15. The normalized spacial score (nSPS) is 14.1. The molecule has 2 heterocycles. The number of halogens is 3. The maximum absolute atomic E-state index is 13.2. The SMILES string of the molecule is Cc1ccc(NC(=O)c2cccc(C(F)(F)F)c2)cc1-c1cc(C(C)C)c2nc(Nc3cccc(N4CCN(C)CC4)c3)ncc2c1. The number of amides is 1. The van der Waals surface area contributed by atoms with Gasteiger partial charge in [-0.1, -0.05) is 32.0 Å². The van der Waals surface area contributed by atoms with Gasteiger partial charge in [0.1, 0.15) is 0 Å². The number of carbonyl (C=O) groups is 1. The van der Waals surface area contributed by atoms with Crippen LogP contribution in [-0.2, 0) is 6.18 Å². The molecule has 10 heteroatoms. The Bertz CT molecular complexity index is 1930. The third-order valence-corrected chi connectivity index (χ3v) is 8.56. The molecule has 47 heavy (non-hydrogen) atoms. The zero-order chi connectivity index (χ0) is 33.3. The second kappa shape index (κ2) is 13.0. The van der Waals surface area contributed by atoms with Crippen LogP contribution in [0.2, 0.25) is 0 Å². The van der Waals surface area contributed by atoms with E-state index in [0.717, 1.165) is 77.2 Å². The highest BCUT2D eigenvalue weighted by Gasteiger charge is 2.31. The van der Waals surface area contributed by atoms with E-state index in [0.29, 0.717) is 11.6 Å². The van der Waals surface area contributed by atoms with E-state index in [1.807, 2.05) is 43.5 Å². The van der Waals surface area contributed by atoms with Crippen molar-refractivity contribution in [2.24, 2.45) is 0 Å². The van der Waals surface area contributed by atoms with Crippen LogP contribution >= 0.6 is 0 Å². The van der Waals surface area contributed by atoms with Crippen LogP contribution in [0.3, 0.4) is 0 Å². The number of carbonyl (C=O) groups excluding carboxylic acids is 1.